The Morgan fingerprint density at radius 1 is 1.14 bits per heavy atom. The molecule has 2 aromatic rings. The molecule has 1 saturated heterocycles. The van der Waals surface area contributed by atoms with Gasteiger partial charge in [0.2, 0.25) is 0 Å². The fourth-order valence-corrected chi connectivity index (χ4v) is 5.67. The molecule has 2 fully saturated rings. The third-order valence-electron chi connectivity index (χ3n) is 6.37. The Kier molecular flexibility index (Phi) is 8.74. The van der Waals surface area contributed by atoms with Gasteiger partial charge < -0.3 is 9.47 Å². The monoisotopic (exact) mass is 555 g/mol. The molecule has 0 spiro atoms. The van der Waals surface area contributed by atoms with Gasteiger partial charge in [-0.2, -0.15) is 0 Å². The van der Waals surface area contributed by atoms with Crippen molar-refractivity contribution in [2.75, 3.05) is 13.7 Å². The van der Waals surface area contributed by atoms with E-state index in [9.17, 15) is 9.59 Å². The van der Waals surface area contributed by atoms with Crippen LogP contribution in [0.4, 0.5) is 4.79 Å². The van der Waals surface area contributed by atoms with Crippen molar-refractivity contribution in [1.29, 1.82) is 0 Å². The van der Waals surface area contributed by atoms with Gasteiger partial charge in [0.1, 0.15) is 6.61 Å². The average Bonchev–Trinajstić information content (AvgIpc) is 3.12. The van der Waals surface area contributed by atoms with Crippen LogP contribution in [-0.2, 0) is 17.8 Å². The second kappa shape index (κ2) is 12.0. The van der Waals surface area contributed by atoms with Gasteiger partial charge in [0.15, 0.2) is 11.5 Å². The predicted molar refractivity (Wildman–Crippen MR) is 145 cm³/mol. The molecular weight excluding hydrogens is 526 g/mol. The first kappa shape index (κ1) is 25.6. The number of nitrogens with zero attached hydrogens (tertiary/aromatic N) is 1. The van der Waals surface area contributed by atoms with E-state index in [2.05, 4.69) is 22.5 Å². The topological polar surface area (TPSA) is 55.8 Å². The number of methoxy groups -OCH3 is 1. The molecule has 4 rings (SSSR count). The van der Waals surface area contributed by atoms with Crippen LogP contribution in [0, 0.1) is 5.92 Å². The Morgan fingerprint density at radius 3 is 2.57 bits per heavy atom. The summed E-state index contributed by atoms with van der Waals surface area (Å²) in [5, 5.41) is -0.181. The van der Waals surface area contributed by atoms with E-state index in [1.165, 1.54) is 24.2 Å². The van der Waals surface area contributed by atoms with E-state index in [0.29, 0.717) is 41.9 Å². The minimum absolute atomic E-state index is 0.181. The zero-order valence-electron chi connectivity index (χ0n) is 19.9. The van der Waals surface area contributed by atoms with Crippen LogP contribution in [0.25, 0.3) is 6.08 Å². The molecule has 1 heterocycles. The van der Waals surface area contributed by atoms with Crippen LogP contribution in [0.3, 0.4) is 0 Å². The van der Waals surface area contributed by atoms with Crippen molar-refractivity contribution in [1.82, 2.24) is 4.90 Å². The van der Waals surface area contributed by atoms with Crippen LogP contribution in [0.2, 0.25) is 0 Å². The molecule has 7 heteroatoms. The first-order chi connectivity index (χ1) is 17.0. The maximum absolute atomic E-state index is 13.0. The molecule has 5 nitrogen and oxygen atoms in total. The molecule has 0 radical (unpaired) electrons. The van der Waals surface area contributed by atoms with Crippen LogP contribution < -0.4 is 9.47 Å². The molecule has 0 N–H and O–H groups in total. The molecule has 2 aromatic carbocycles. The zero-order chi connectivity index (χ0) is 24.8. The smallest absolute Gasteiger partial charge is 0.293 e. The van der Waals surface area contributed by atoms with Crippen molar-refractivity contribution < 1.29 is 19.1 Å². The summed E-state index contributed by atoms with van der Waals surface area (Å²) in [4.78, 5) is 27.5. The maximum Gasteiger partial charge on any atom is 0.293 e. The van der Waals surface area contributed by atoms with Crippen molar-refractivity contribution in [3.63, 3.8) is 0 Å². The van der Waals surface area contributed by atoms with E-state index in [-0.39, 0.29) is 11.1 Å². The van der Waals surface area contributed by atoms with E-state index >= 15 is 0 Å². The number of carbonyl (C=O) groups excluding carboxylic acids is 2. The molecule has 35 heavy (non-hydrogen) atoms. The molecule has 0 atom stereocenters. The maximum atomic E-state index is 13.0. The van der Waals surface area contributed by atoms with Gasteiger partial charge >= 0.3 is 0 Å². The van der Waals surface area contributed by atoms with Gasteiger partial charge in [-0.25, -0.2) is 0 Å². The number of hydrogen-bond donors (Lipinski definition) is 0. The lowest BCUT2D eigenvalue weighted by Crippen LogP contribution is -2.34. The Morgan fingerprint density at radius 2 is 1.89 bits per heavy atom. The van der Waals surface area contributed by atoms with Gasteiger partial charge in [-0.15, -0.1) is 6.58 Å². The number of halogens is 1. The van der Waals surface area contributed by atoms with E-state index in [1.54, 1.807) is 13.2 Å². The minimum atomic E-state index is -0.203. The summed E-state index contributed by atoms with van der Waals surface area (Å²) in [6.07, 6.45) is 9.95. The zero-order valence-corrected chi connectivity index (χ0v) is 22.3. The number of rotatable bonds is 9. The molecule has 2 amide bonds. The summed E-state index contributed by atoms with van der Waals surface area (Å²) >= 11 is 4.46. The average molecular weight is 557 g/mol. The predicted octanol–water partition coefficient (Wildman–Crippen LogP) is 7.38. The highest BCUT2D eigenvalue weighted by molar-refractivity contribution is 9.10. The third-order valence-corrected chi connectivity index (χ3v) is 7.81. The fraction of sp³-hybridized carbons (Fsp3) is 0.357. The van der Waals surface area contributed by atoms with Gasteiger partial charge in [0, 0.05) is 16.6 Å². The largest absolute Gasteiger partial charge is 0.493 e. The molecule has 1 aliphatic heterocycles. The van der Waals surface area contributed by atoms with Crippen molar-refractivity contribution in [3.05, 3.63) is 75.1 Å². The normalized spacial score (nSPS) is 17.8. The lowest BCUT2D eigenvalue weighted by Gasteiger charge is -2.25. The lowest BCUT2D eigenvalue weighted by atomic mass is 9.89. The third kappa shape index (κ3) is 6.39. The number of thioether (sulfide) groups is 1. The summed E-state index contributed by atoms with van der Waals surface area (Å²) < 4.78 is 12.8. The van der Waals surface area contributed by atoms with Crippen LogP contribution in [-0.4, -0.2) is 29.7 Å². The van der Waals surface area contributed by atoms with E-state index in [0.717, 1.165) is 45.8 Å². The van der Waals surface area contributed by atoms with Gasteiger partial charge in [-0.05, 0) is 78.4 Å². The number of allylic oxidation sites excluding steroid dienone is 1. The fourth-order valence-electron chi connectivity index (χ4n) is 4.56. The Bertz CT molecular complexity index is 1120. The molecule has 0 aromatic heterocycles. The van der Waals surface area contributed by atoms with Crippen LogP contribution >= 0.6 is 27.7 Å². The number of carbonyl (C=O) groups is 2. The Labute approximate surface area is 219 Å². The molecule has 1 aliphatic carbocycles. The summed E-state index contributed by atoms with van der Waals surface area (Å²) in [6.45, 7) is 4.79. The summed E-state index contributed by atoms with van der Waals surface area (Å²) in [5.41, 5.74) is 2.73. The highest BCUT2D eigenvalue weighted by atomic mass is 79.9. The molecule has 2 aliphatic rings. The Hall–Kier alpha value is -2.51. The van der Waals surface area contributed by atoms with E-state index in [1.807, 2.05) is 42.5 Å². The van der Waals surface area contributed by atoms with Crippen molar-refractivity contribution in [2.24, 2.45) is 5.92 Å². The van der Waals surface area contributed by atoms with Gasteiger partial charge in [-0.3, -0.25) is 14.5 Å². The lowest BCUT2D eigenvalue weighted by molar-refractivity contribution is -0.123. The van der Waals surface area contributed by atoms with Crippen molar-refractivity contribution >= 4 is 44.9 Å². The summed E-state index contributed by atoms with van der Waals surface area (Å²) in [6, 6.07) is 11.8. The Balaban J connectivity index is 1.55. The highest BCUT2D eigenvalue weighted by Crippen LogP contribution is 2.38. The van der Waals surface area contributed by atoms with Crippen molar-refractivity contribution in [2.45, 2.75) is 45.1 Å². The number of hydrogen-bond acceptors (Lipinski definition) is 5. The number of imide groups is 1. The van der Waals surface area contributed by atoms with E-state index < -0.39 is 0 Å². The SMILES string of the molecule is C=CCc1cc(/C=C2/SC(=O)N(CC3CCCCC3)C2=O)cc(OC)c1OCc1ccc(Br)cc1. The van der Waals surface area contributed by atoms with Gasteiger partial charge in [0.05, 0.1) is 12.0 Å². The summed E-state index contributed by atoms with van der Waals surface area (Å²) in [5.74, 6) is 1.44. The summed E-state index contributed by atoms with van der Waals surface area (Å²) in [7, 11) is 1.60. The number of benzene rings is 2. The molecule has 184 valence electrons. The van der Waals surface area contributed by atoms with Gasteiger partial charge in [-0.1, -0.05) is 53.4 Å². The molecule has 1 saturated carbocycles. The number of ether oxygens (including phenoxy) is 2. The van der Waals surface area contributed by atoms with Crippen molar-refractivity contribution in [3.8, 4) is 11.5 Å². The van der Waals surface area contributed by atoms with Crippen LogP contribution in [0.15, 0.2) is 58.4 Å². The first-order valence-electron chi connectivity index (χ1n) is 11.9. The second-order valence-corrected chi connectivity index (χ2v) is 10.8. The number of amides is 2. The quantitative estimate of drug-likeness (QED) is 0.238. The molecule has 0 bridgehead atoms. The highest BCUT2D eigenvalue weighted by Gasteiger charge is 2.36. The van der Waals surface area contributed by atoms with E-state index in [4.69, 9.17) is 9.47 Å². The molecule has 0 unspecified atom stereocenters. The van der Waals surface area contributed by atoms with Crippen LogP contribution in [0.1, 0.15) is 48.8 Å². The second-order valence-electron chi connectivity index (χ2n) is 8.92. The van der Waals surface area contributed by atoms with Crippen LogP contribution in [0.5, 0.6) is 11.5 Å². The minimum Gasteiger partial charge on any atom is -0.493 e. The first-order valence-corrected chi connectivity index (χ1v) is 13.5. The standard InChI is InChI=1S/C28H30BrNO4S/c1-3-7-22-14-21(15-24(33-2)26(22)34-18-20-10-12-23(29)13-11-20)16-25-27(31)30(28(32)35-25)17-19-8-5-4-6-9-19/h3,10-16,19H,1,4-9,17-18H2,2H3/b25-16+. The van der Waals surface area contributed by atoms with Gasteiger partial charge in [0.25, 0.3) is 11.1 Å². The molecular formula is C28H30BrNO4S.